The number of carbonyl (C=O) groups is 2. The average Bonchev–Trinajstić information content (AvgIpc) is 2.44. The van der Waals surface area contributed by atoms with E-state index >= 15 is 0 Å². The fourth-order valence-corrected chi connectivity index (χ4v) is 2.88. The maximum absolute atomic E-state index is 12.2. The zero-order valence-electron chi connectivity index (χ0n) is 12.4. The molecule has 2 N–H and O–H groups in total. The zero-order chi connectivity index (χ0) is 15.0. The van der Waals surface area contributed by atoms with Crippen molar-refractivity contribution in [3.05, 3.63) is 0 Å². The van der Waals surface area contributed by atoms with E-state index in [0.717, 1.165) is 38.5 Å². The van der Waals surface area contributed by atoms with Crippen molar-refractivity contribution in [2.75, 3.05) is 20.2 Å². The minimum atomic E-state index is -0.839. The van der Waals surface area contributed by atoms with Crippen LogP contribution in [0.3, 0.4) is 0 Å². The third-order valence-electron chi connectivity index (χ3n) is 4.33. The molecule has 1 aliphatic rings. The highest BCUT2D eigenvalue weighted by atomic mass is 16.4. The highest BCUT2D eigenvalue weighted by molar-refractivity contribution is 5.85. The summed E-state index contributed by atoms with van der Waals surface area (Å²) in [6.07, 6.45) is 6.72. The Morgan fingerprint density at radius 1 is 1.10 bits per heavy atom. The number of carboxylic acid groups (broad SMARTS) is 1. The van der Waals surface area contributed by atoms with Crippen LogP contribution >= 0.6 is 0 Å². The fraction of sp³-hybridized carbons (Fsp3) is 0.867. The number of aliphatic hydroxyl groups excluding tert-OH is 1. The Balaban J connectivity index is 2.47. The van der Waals surface area contributed by atoms with Crippen molar-refractivity contribution in [1.29, 1.82) is 0 Å². The van der Waals surface area contributed by atoms with E-state index in [0.29, 0.717) is 19.4 Å². The molecule has 1 aliphatic carbocycles. The van der Waals surface area contributed by atoms with E-state index in [-0.39, 0.29) is 18.9 Å². The number of hydrogen-bond donors (Lipinski definition) is 2. The van der Waals surface area contributed by atoms with Gasteiger partial charge in [0, 0.05) is 26.6 Å². The number of aliphatic hydroxyl groups is 1. The van der Waals surface area contributed by atoms with Gasteiger partial charge in [0.05, 0.1) is 5.41 Å². The van der Waals surface area contributed by atoms with E-state index in [1.54, 1.807) is 11.9 Å². The Labute approximate surface area is 121 Å². The number of carboxylic acids is 1. The molecule has 0 saturated heterocycles. The molecule has 0 radical (unpaired) electrons. The third-order valence-corrected chi connectivity index (χ3v) is 4.33. The topological polar surface area (TPSA) is 77.8 Å². The van der Waals surface area contributed by atoms with Crippen molar-refractivity contribution in [1.82, 2.24) is 4.90 Å². The summed E-state index contributed by atoms with van der Waals surface area (Å²) in [4.78, 5) is 25.4. The van der Waals surface area contributed by atoms with Gasteiger partial charge in [-0.2, -0.15) is 0 Å². The number of carbonyl (C=O) groups excluding carboxylic acids is 1. The van der Waals surface area contributed by atoms with Crippen LogP contribution in [0.15, 0.2) is 0 Å². The van der Waals surface area contributed by atoms with Gasteiger partial charge in [-0.05, 0) is 32.1 Å². The molecule has 20 heavy (non-hydrogen) atoms. The lowest BCUT2D eigenvalue weighted by molar-refractivity contribution is -0.155. The lowest BCUT2D eigenvalue weighted by Crippen LogP contribution is -2.40. The van der Waals surface area contributed by atoms with Crippen LogP contribution in [0.5, 0.6) is 0 Å². The number of unbranched alkanes of at least 4 members (excludes halogenated alkanes) is 2. The van der Waals surface area contributed by atoms with Gasteiger partial charge < -0.3 is 15.1 Å². The predicted octanol–water partition coefficient (Wildman–Crippen LogP) is 2.03. The highest BCUT2D eigenvalue weighted by Crippen LogP contribution is 2.40. The van der Waals surface area contributed by atoms with Gasteiger partial charge in [-0.1, -0.05) is 19.3 Å². The maximum atomic E-state index is 12.2. The summed E-state index contributed by atoms with van der Waals surface area (Å²) in [7, 11) is 1.74. The van der Waals surface area contributed by atoms with Gasteiger partial charge in [-0.25, -0.2) is 0 Å². The molecule has 5 nitrogen and oxygen atoms in total. The Morgan fingerprint density at radius 2 is 1.75 bits per heavy atom. The van der Waals surface area contributed by atoms with Crippen molar-refractivity contribution in [2.45, 2.75) is 57.8 Å². The monoisotopic (exact) mass is 285 g/mol. The van der Waals surface area contributed by atoms with Gasteiger partial charge in [0.25, 0.3) is 0 Å². The lowest BCUT2D eigenvalue weighted by atomic mass is 9.71. The van der Waals surface area contributed by atoms with E-state index in [1.807, 2.05) is 0 Å². The zero-order valence-corrected chi connectivity index (χ0v) is 12.4. The largest absolute Gasteiger partial charge is 0.481 e. The summed E-state index contributed by atoms with van der Waals surface area (Å²) >= 11 is 0. The highest BCUT2D eigenvalue weighted by Gasteiger charge is 2.41. The van der Waals surface area contributed by atoms with Crippen LogP contribution in [0.25, 0.3) is 0 Å². The van der Waals surface area contributed by atoms with Crippen LogP contribution in [0.4, 0.5) is 0 Å². The third kappa shape index (κ3) is 4.78. The maximum Gasteiger partial charge on any atom is 0.310 e. The van der Waals surface area contributed by atoms with E-state index in [1.165, 1.54) is 0 Å². The van der Waals surface area contributed by atoms with E-state index < -0.39 is 11.4 Å². The van der Waals surface area contributed by atoms with Crippen LogP contribution in [0.1, 0.15) is 57.8 Å². The molecule has 1 saturated carbocycles. The van der Waals surface area contributed by atoms with E-state index in [2.05, 4.69) is 0 Å². The van der Waals surface area contributed by atoms with Gasteiger partial charge in [0.15, 0.2) is 0 Å². The Kier molecular flexibility index (Phi) is 6.99. The minimum absolute atomic E-state index is 0.0710. The van der Waals surface area contributed by atoms with Gasteiger partial charge in [0.2, 0.25) is 5.91 Å². The van der Waals surface area contributed by atoms with Gasteiger partial charge in [-0.15, -0.1) is 0 Å². The summed E-state index contributed by atoms with van der Waals surface area (Å²) in [5.41, 5.74) is -0.839. The first-order valence-corrected chi connectivity index (χ1v) is 7.60. The normalized spacial score (nSPS) is 17.7. The van der Waals surface area contributed by atoms with Crippen molar-refractivity contribution in [3.63, 3.8) is 0 Å². The number of nitrogens with zero attached hydrogens (tertiary/aromatic N) is 1. The molecule has 0 aromatic carbocycles. The van der Waals surface area contributed by atoms with Crippen molar-refractivity contribution in [3.8, 4) is 0 Å². The molecule has 0 unspecified atom stereocenters. The smallest absolute Gasteiger partial charge is 0.310 e. The molecule has 0 aromatic rings. The quantitative estimate of drug-likeness (QED) is 0.669. The number of amides is 1. The fourth-order valence-electron chi connectivity index (χ4n) is 2.88. The second kappa shape index (κ2) is 8.25. The molecular weight excluding hydrogens is 258 g/mol. The summed E-state index contributed by atoms with van der Waals surface area (Å²) in [5.74, 6) is -0.891. The summed E-state index contributed by atoms with van der Waals surface area (Å²) in [6.45, 7) is 0.814. The first-order valence-electron chi connectivity index (χ1n) is 7.60. The SMILES string of the molecule is CN(CCCCCO)C(=O)CC1(C(=O)O)CCCCC1. The molecule has 0 bridgehead atoms. The molecule has 1 amide bonds. The molecule has 1 rings (SSSR count). The second-order valence-corrected chi connectivity index (χ2v) is 5.92. The molecule has 0 aliphatic heterocycles. The molecule has 5 heteroatoms. The van der Waals surface area contributed by atoms with Crippen molar-refractivity contribution < 1.29 is 19.8 Å². The molecular formula is C15H27NO4. The van der Waals surface area contributed by atoms with E-state index in [9.17, 15) is 14.7 Å². The first kappa shape index (κ1) is 17.0. The summed E-state index contributed by atoms with van der Waals surface area (Å²) < 4.78 is 0. The van der Waals surface area contributed by atoms with Crippen LogP contribution in [0.2, 0.25) is 0 Å². The predicted molar refractivity (Wildman–Crippen MR) is 76.3 cm³/mol. The van der Waals surface area contributed by atoms with Gasteiger partial charge in [-0.3, -0.25) is 9.59 Å². The summed E-state index contributed by atoms with van der Waals surface area (Å²) in [6, 6.07) is 0. The van der Waals surface area contributed by atoms with E-state index in [4.69, 9.17) is 5.11 Å². The standard InChI is InChI=1S/C15H27NO4/c1-16(10-6-3-7-11-17)13(18)12-15(14(19)20)8-4-2-5-9-15/h17H,2-12H2,1H3,(H,19,20). The second-order valence-electron chi connectivity index (χ2n) is 5.92. The molecule has 1 fully saturated rings. The molecule has 0 aromatic heterocycles. The van der Waals surface area contributed by atoms with Crippen LogP contribution in [-0.2, 0) is 9.59 Å². The number of rotatable bonds is 8. The van der Waals surface area contributed by atoms with Crippen LogP contribution in [0, 0.1) is 5.41 Å². The summed E-state index contributed by atoms with van der Waals surface area (Å²) in [5, 5.41) is 18.2. The number of aliphatic carboxylic acids is 1. The molecule has 0 heterocycles. The van der Waals surface area contributed by atoms with Crippen molar-refractivity contribution in [2.24, 2.45) is 5.41 Å². The Bertz CT molecular complexity index is 324. The molecule has 0 spiro atoms. The Hall–Kier alpha value is -1.10. The lowest BCUT2D eigenvalue weighted by Gasteiger charge is -2.33. The molecule has 0 atom stereocenters. The minimum Gasteiger partial charge on any atom is -0.481 e. The first-order chi connectivity index (χ1) is 9.52. The average molecular weight is 285 g/mol. The number of hydrogen-bond acceptors (Lipinski definition) is 3. The Morgan fingerprint density at radius 3 is 2.30 bits per heavy atom. The van der Waals surface area contributed by atoms with Crippen LogP contribution in [-0.4, -0.2) is 47.2 Å². The molecule has 116 valence electrons. The van der Waals surface area contributed by atoms with Crippen molar-refractivity contribution >= 4 is 11.9 Å². The van der Waals surface area contributed by atoms with Gasteiger partial charge >= 0.3 is 5.97 Å². The van der Waals surface area contributed by atoms with Gasteiger partial charge in [0.1, 0.15) is 0 Å². The van der Waals surface area contributed by atoms with Crippen LogP contribution < -0.4 is 0 Å².